The molecule has 0 saturated carbocycles. The molecule has 1 aliphatic rings. The van der Waals surface area contributed by atoms with Gasteiger partial charge in [-0.05, 0) is 44.0 Å². The van der Waals surface area contributed by atoms with Gasteiger partial charge in [-0.15, -0.1) is 12.4 Å². The molecule has 1 fully saturated rings. The van der Waals surface area contributed by atoms with E-state index >= 15 is 0 Å². The third-order valence-electron chi connectivity index (χ3n) is 3.69. The van der Waals surface area contributed by atoms with Crippen LogP contribution in [-0.4, -0.2) is 40.6 Å². The van der Waals surface area contributed by atoms with Crippen molar-refractivity contribution in [3.8, 4) is 5.75 Å². The summed E-state index contributed by atoms with van der Waals surface area (Å²) in [7, 11) is -2.28. The Bertz CT molecular complexity index is 645. The molecule has 0 radical (unpaired) electrons. The number of ether oxygens (including phenoxy) is 1. The predicted molar refractivity (Wildman–Crippen MR) is 89.6 cm³/mol. The van der Waals surface area contributed by atoms with Crippen LogP contribution >= 0.6 is 12.4 Å². The largest absolute Gasteiger partial charge is 0.496 e. The molecule has 1 atom stereocenters. The van der Waals surface area contributed by atoms with Crippen LogP contribution in [0.1, 0.15) is 29.6 Å². The van der Waals surface area contributed by atoms with E-state index in [9.17, 15) is 13.2 Å². The molecule has 130 valence electrons. The van der Waals surface area contributed by atoms with Crippen molar-refractivity contribution in [3.63, 3.8) is 0 Å². The molecule has 9 heteroatoms. The molecule has 7 nitrogen and oxygen atoms in total. The van der Waals surface area contributed by atoms with E-state index < -0.39 is 15.9 Å². The normalized spacial score (nSPS) is 17.5. The standard InChI is InChI=1S/C14H21N3O4S.ClH/c1-21-13-5-4-11(9-12(13)14(15)18)22(19,20)17-8-6-10-3-2-7-16-10;/h4-5,9-10,16-17H,2-3,6-8H2,1H3,(H2,15,18);1H/t10-;/m1./s1. The Balaban J connectivity index is 0.00000264. The van der Waals surface area contributed by atoms with Gasteiger partial charge in [0.05, 0.1) is 17.6 Å². The number of benzene rings is 1. The zero-order valence-corrected chi connectivity index (χ0v) is 14.5. The average molecular weight is 364 g/mol. The Kier molecular flexibility index (Phi) is 7.27. The van der Waals surface area contributed by atoms with Crippen LogP contribution in [0.2, 0.25) is 0 Å². The van der Waals surface area contributed by atoms with E-state index in [0.717, 1.165) is 25.8 Å². The number of primary amides is 1. The molecule has 23 heavy (non-hydrogen) atoms. The van der Waals surface area contributed by atoms with Crippen LogP contribution < -0.4 is 20.5 Å². The van der Waals surface area contributed by atoms with Crippen LogP contribution in [0.3, 0.4) is 0 Å². The van der Waals surface area contributed by atoms with Gasteiger partial charge in [-0.2, -0.15) is 0 Å². The first kappa shape index (κ1) is 19.7. The number of carbonyl (C=O) groups excluding carboxylic acids is 1. The van der Waals surface area contributed by atoms with Crippen molar-refractivity contribution in [3.05, 3.63) is 23.8 Å². The molecule has 1 heterocycles. The molecule has 1 saturated heterocycles. The van der Waals surface area contributed by atoms with E-state index in [4.69, 9.17) is 10.5 Å². The quantitative estimate of drug-likeness (QED) is 0.658. The van der Waals surface area contributed by atoms with Crippen molar-refractivity contribution >= 4 is 28.3 Å². The Hall–Kier alpha value is -1.35. The highest BCUT2D eigenvalue weighted by atomic mass is 35.5. The molecular formula is C14H22ClN3O4S. The smallest absolute Gasteiger partial charge is 0.252 e. The van der Waals surface area contributed by atoms with Crippen LogP contribution in [-0.2, 0) is 10.0 Å². The van der Waals surface area contributed by atoms with Gasteiger partial charge < -0.3 is 15.8 Å². The minimum Gasteiger partial charge on any atom is -0.496 e. The first-order valence-corrected chi connectivity index (χ1v) is 8.63. The maximum absolute atomic E-state index is 12.3. The summed E-state index contributed by atoms with van der Waals surface area (Å²) in [5.74, 6) is -0.481. The highest BCUT2D eigenvalue weighted by molar-refractivity contribution is 7.89. The Morgan fingerprint density at radius 1 is 1.48 bits per heavy atom. The average Bonchev–Trinajstić information content (AvgIpc) is 2.99. The van der Waals surface area contributed by atoms with Gasteiger partial charge in [0.25, 0.3) is 5.91 Å². The summed E-state index contributed by atoms with van der Waals surface area (Å²) in [5.41, 5.74) is 5.29. The summed E-state index contributed by atoms with van der Waals surface area (Å²) in [6.45, 7) is 1.33. The molecule has 0 aromatic heterocycles. The van der Waals surface area contributed by atoms with Gasteiger partial charge in [0.2, 0.25) is 10.0 Å². The number of amides is 1. The van der Waals surface area contributed by atoms with Gasteiger partial charge in [-0.1, -0.05) is 0 Å². The molecule has 0 spiro atoms. The summed E-state index contributed by atoms with van der Waals surface area (Å²) in [5, 5.41) is 3.31. The van der Waals surface area contributed by atoms with Crippen LogP contribution in [0.4, 0.5) is 0 Å². The minimum atomic E-state index is -3.67. The van der Waals surface area contributed by atoms with Crippen LogP contribution in [0.25, 0.3) is 0 Å². The van der Waals surface area contributed by atoms with Gasteiger partial charge in [0.1, 0.15) is 5.75 Å². The van der Waals surface area contributed by atoms with Gasteiger partial charge >= 0.3 is 0 Å². The summed E-state index contributed by atoms with van der Waals surface area (Å²) in [6, 6.07) is 4.41. The van der Waals surface area contributed by atoms with E-state index in [0.29, 0.717) is 12.6 Å². The van der Waals surface area contributed by atoms with E-state index in [2.05, 4.69) is 10.0 Å². The third kappa shape index (κ3) is 5.07. The Morgan fingerprint density at radius 2 is 2.22 bits per heavy atom. The van der Waals surface area contributed by atoms with Gasteiger partial charge in [0.15, 0.2) is 0 Å². The molecule has 4 N–H and O–H groups in total. The maximum Gasteiger partial charge on any atom is 0.252 e. The van der Waals surface area contributed by atoms with Crippen molar-refractivity contribution in [1.82, 2.24) is 10.0 Å². The lowest BCUT2D eigenvalue weighted by Gasteiger charge is -2.12. The van der Waals surface area contributed by atoms with E-state index in [1.165, 1.54) is 25.3 Å². The number of nitrogens with one attached hydrogen (secondary N) is 2. The van der Waals surface area contributed by atoms with E-state index in [1.807, 2.05) is 0 Å². The lowest BCUT2D eigenvalue weighted by atomic mass is 10.2. The van der Waals surface area contributed by atoms with E-state index in [1.54, 1.807) is 0 Å². The summed E-state index contributed by atoms with van der Waals surface area (Å²) >= 11 is 0. The highest BCUT2D eigenvalue weighted by Crippen LogP contribution is 2.22. The molecule has 1 aliphatic heterocycles. The second-order valence-corrected chi connectivity index (χ2v) is 6.97. The molecule has 2 rings (SSSR count). The fraction of sp³-hybridized carbons (Fsp3) is 0.500. The van der Waals surface area contributed by atoms with Crippen LogP contribution in [0, 0.1) is 0 Å². The molecule has 0 bridgehead atoms. The number of sulfonamides is 1. The fourth-order valence-electron chi connectivity index (χ4n) is 2.50. The lowest BCUT2D eigenvalue weighted by molar-refractivity contribution is 0.0997. The SMILES string of the molecule is COc1ccc(S(=O)(=O)NCC[C@H]2CCCN2)cc1C(N)=O.Cl. The zero-order chi connectivity index (χ0) is 16.2. The molecule has 1 aromatic rings. The number of hydrogen-bond acceptors (Lipinski definition) is 5. The summed E-state index contributed by atoms with van der Waals surface area (Å²) < 4.78 is 32.1. The highest BCUT2D eigenvalue weighted by Gasteiger charge is 2.19. The fourth-order valence-corrected chi connectivity index (χ4v) is 3.57. The number of halogens is 1. The Labute approximate surface area is 142 Å². The Morgan fingerprint density at radius 3 is 2.78 bits per heavy atom. The minimum absolute atomic E-state index is 0. The second-order valence-electron chi connectivity index (χ2n) is 5.21. The molecule has 1 amide bonds. The van der Waals surface area contributed by atoms with Gasteiger partial charge in [-0.25, -0.2) is 13.1 Å². The number of rotatable bonds is 7. The van der Waals surface area contributed by atoms with Crippen molar-refractivity contribution < 1.29 is 17.9 Å². The first-order valence-electron chi connectivity index (χ1n) is 7.15. The first-order chi connectivity index (χ1) is 10.4. The van der Waals surface area contributed by atoms with Gasteiger partial charge in [0, 0.05) is 12.6 Å². The number of carbonyl (C=O) groups is 1. The van der Waals surface area contributed by atoms with Crippen molar-refractivity contribution in [2.75, 3.05) is 20.2 Å². The number of nitrogens with two attached hydrogens (primary N) is 1. The third-order valence-corrected chi connectivity index (χ3v) is 5.15. The second kappa shape index (κ2) is 8.49. The molecule has 1 aromatic carbocycles. The van der Waals surface area contributed by atoms with Crippen LogP contribution in [0.5, 0.6) is 5.75 Å². The van der Waals surface area contributed by atoms with Gasteiger partial charge in [-0.3, -0.25) is 4.79 Å². The van der Waals surface area contributed by atoms with Crippen molar-refractivity contribution in [2.24, 2.45) is 5.73 Å². The molecule has 0 aliphatic carbocycles. The van der Waals surface area contributed by atoms with Crippen molar-refractivity contribution in [2.45, 2.75) is 30.2 Å². The summed E-state index contributed by atoms with van der Waals surface area (Å²) in [6.07, 6.45) is 2.92. The van der Waals surface area contributed by atoms with Crippen molar-refractivity contribution in [1.29, 1.82) is 0 Å². The molecular weight excluding hydrogens is 342 g/mol. The number of methoxy groups -OCH3 is 1. The zero-order valence-electron chi connectivity index (χ0n) is 12.9. The topological polar surface area (TPSA) is 111 Å². The summed E-state index contributed by atoms with van der Waals surface area (Å²) in [4.78, 5) is 11.4. The monoisotopic (exact) mass is 363 g/mol. The predicted octanol–water partition coefficient (Wildman–Crippen LogP) is 0.636. The maximum atomic E-state index is 12.3. The van der Waals surface area contributed by atoms with E-state index in [-0.39, 0.29) is 28.6 Å². The number of hydrogen-bond donors (Lipinski definition) is 3. The molecule has 0 unspecified atom stereocenters. The van der Waals surface area contributed by atoms with Crippen LogP contribution in [0.15, 0.2) is 23.1 Å². The lowest BCUT2D eigenvalue weighted by Crippen LogP contribution is -2.30.